The van der Waals surface area contributed by atoms with Gasteiger partial charge in [0, 0.05) is 37.2 Å². The molecule has 0 heterocycles. The van der Waals surface area contributed by atoms with Crippen molar-refractivity contribution in [3.63, 3.8) is 0 Å². The first-order chi connectivity index (χ1) is 20.6. The number of ether oxygens (including phenoxy) is 1. The molecule has 0 aliphatic heterocycles. The van der Waals surface area contributed by atoms with Gasteiger partial charge in [-0.05, 0) is 53.9 Å². The molecule has 0 saturated heterocycles. The van der Waals surface area contributed by atoms with Crippen molar-refractivity contribution in [1.29, 1.82) is 0 Å². The van der Waals surface area contributed by atoms with Crippen molar-refractivity contribution >= 4 is 29.3 Å². The highest BCUT2D eigenvalue weighted by Gasteiger charge is 2.32. The van der Waals surface area contributed by atoms with E-state index in [9.17, 15) is 29.4 Å². The number of rotatable bonds is 15. The third-order valence-corrected chi connectivity index (χ3v) is 6.57. The molecule has 0 fully saturated rings. The van der Waals surface area contributed by atoms with Gasteiger partial charge in [-0.1, -0.05) is 56.3 Å². The number of carbonyl (C=O) groups is 4. The zero-order valence-corrected chi connectivity index (χ0v) is 24.3. The third kappa shape index (κ3) is 10.9. The fourth-order valence-electron chi connectivity index (χ4n) is 3.78. The summed E-state index contributed by atoms with van der Waals surface area (Å²) in [6.07, 6.45) is -1.04. The first-order valence-corrected chi connectivity index (χ1v) is 13.9. The van der Waals surface area contributed by atoms with Crippen LogP contribution >= 0.6 is 0 Å². The van der Waals surface area contributed by atoms with E-state index >= 15 is 0 Å². The second-order valence-electron chi connectivity index (χ2n) is 10.6. The number of amides is 4. The van der Waals surface area contributed by atoms with Crippen LogP contribution in [0.4, 0.5) is 10.5 Å². The number of anilines is 1. The van der Waals surface area contributed by atoms with E-state index in [1.165, 1.54) is 13.8 Å². The summed E-state index contributed by atoms with van der Waals surface area (Å²) in [6.45, 7) is 3.08. The summed E-state index contributed by atoms with van der Waals surface area (Å²) in [4.78, 5) is 48.4. The maximum absolute atomic E-state index is 12.3. The van der Waals surface area contributed by atoms with Gasteiger partial charge in [0.1, 0.15) is 17.6 Å². The van der Waals surface area contributed by atoms with Crippen LogP contribution in [0, 0.1) is 5.41 Å². The summed E-state index contributed by atoms with van der Waals surface area (Å²) in [6, 6.07) is 23.6. The first-order valence-electron chi connectivity index (χ1n) is 13.9. The normalized spacial score (nSPS) is 11.6. The van der Waals surface area contributed by atoms with Gasteiger partial charge in [0.25, 0.3) is 5.91 Å². The van der Waals surface area contributed by atoms with Gasteiger partial charge in [-0.25, -0.2) is 4.79 Å². The Morgan fingerprint density at radius 3 is 2.07 bits per heavy atom. The van der Waals surface area contributed by atoms with Gasteiger partial charge in [0.05, 0.1) is 6.61 Å². The summed E-state index contributed by atoms with van der Waals surface area (Å²) in [5.41, 5.74) is 1.30. The molecular weight excluding hydrogens is 552 g/mol. The maximum atomic E-state index is 12.3. The Bertz CT molecular complexity index is 1360. The highest BCUT2D eigenvalue weighted by atomic mass is 16.5. The van der Waals surface area contributed by atoms with E-state index in [-0.39, 0.29) is 25.5 Å². The van der Waals surface area contributed by atoms with Crippen LogP contribution in [0.25, 0.3) is 0 Å². The fraction of sp³-hybridized carbons (Fsp3) is 0.312. The Morgan fingerprint density at radius 2 is 1.42 bits per heavy atom. The average Bonchev–Trinajstić information content (AvgIpc) is 3.01. The van der Waals surface area contributed by atoms with Gasteiger partial charge in [-0.2, -0.15) is 0 Å². The van der Waals surface area contributed by atoms with Crippen molar-refractivity contribution in [3.05, 3.63) is 90.0 Å². The van der Waals surface area contributed by atoms with Crippen LogP contribution in [0.5, 0.6) is 11.5 Å². The van der Waals surface area contributed by atoms with Crippen LogP contribution < -0.4 is 26.0 Å². The summed E-state index contributed by atoms with van der Waals surface area (Å²) in [5, 5.41) is 29.7. The molecule has 3 rings (SSSR count). The number of carbonyl (C=O) groups excluding carboxylic acids is 4. The Balaban J connectivity index is 1.32. The fourth-order valence-corrected chi connectivity index (χ4v) is 3.78. The van der Waals surface area contributed by atoms with Crippen LogP contribution in [0.15, 0.2) is 78.9 Å². The minimum Gasteiger partial charge on any atom is -0.457 e. The summed E-state index contributed by atoms with van der Waals surface area (Å²) in [5.74, 6) is -0.751. The molecule has 0 radical (unpaired) electrons. The number of nitrogens with one attached hydrogen (secondary N) is 4. The smallest absolute Gasteiger partial charge is 0.319 e. The highest BCUT2D eigenvalue weighted by Crippen LogP contribution is 2.21. The quantitative estimate of drug-likeness (QED) is 0.148. The number of aliphatic hydroxyl groups excluding tert-OH is 2. The molecule has 0 saturated carbocycles. The average molecular weight is 591 g/mol. The zero-order chi connectivity index (χ0) is 31.2. The molecule has 3 aromatic carbocycles. The van der Waals surface area contributed by atoms with Crippen molar-refractivity contribution in [1.82, 2.24) is 16.0 Å². The molecule has 3 aromatic rings. The number of hydrogen-bond acceptors (Lipinski definition) is 7. The van der Waals surface area contributed by atoms with E-state index in [0.29, 0.717) is 18.7 Å². The van der Waals surface area contributed by atoms with E-state index in [1.54, 1.807) is 24.3 Å². The zero-order valence-electron chi connectivity index (χ0n) is 24.3. The lowest BCUT2D eigenvalue weighted by Gasteiger charge is -2.27. The summed E-state index contributed by atoms with van der Waals surface area (Å²) >= 11 is 0. The van der Waals surface area contributed by atoms with Crippen molar-refractivity contribution < 1.29 is 34.1 Å². The minimum atomic E-state index is -1.45. The predicted molar refractivity (Wildman–Crippen MR) is 161 cm³/mol. The van der Waals surface area contributed by atoms with Crippen LogP contribution in [-0.4, -0.2) is 59.6 Å². The molecule has 4 amide bonds. The highest BCUT2D eigenvalue weighted by molar-refractivity contribution is 6.36. The molecule has 0 spiro atoms. The molecule has 43 heavy (non-hydrogen) atoms. The van der Waals surface area contributed by atoms with Crippen LogP contribution in [0.1, 0.15) is 31.4 Å². The van der Waals surface area contributed by atoms with Gasteiger partial charge in [-0.15, -0.1) is 0 Å². The summed E-state index contributed by atoms with van der Waals surface area (Å²) in [7, 11) is 0. The Morgan fingerprint density at radius 1 is 0.791 bits per heavy atom. The largest absolute Gasteiger partial charge is 0.457 e. The molecular formula is C32H38N4O7. The van der Waals surface area contributed by atoms with Crippen molar-refractivity contribution in [2.45, 2.75) is 39.3 Å². The Hall–Kier alpha value is -4.74. The van der Waals surface area contributed by atoms with E-state index in [1.807, 2.05) is 54.6 Å². The molecule has 11 nitrogen and oxygen atoms in total. The minimum absolute atomic E-state index is 0.0992. The lowest BCUT2D eigenvalue weighted by atomic mass is 9.87. The van der Waals surface area contributed by atoms with Crippen LogP contribution in [0.3, 0.4) is 0 Å². The standard InChI is InChI=1S/C32H38N4O7/c1-32(2,21-37)28(39)30(41)33-19-17-27(38)29(40)35-20-23-8-12-24(13-9-23)36-31(42)34-18-16-22-10-14-26(15-11-22)43-25-6-4-3-5-7-25/h3-15,28,37,39H,16-21H2,1-2H3,(H,33,41)(H,35,40)(H2,34,36,42)/t28-/m0/s1. The molecule has 0 aliphatic carbocycles. The first kappa shape index (κ1) is 32.8. The Labute approximate surface area is 250 Å². The number of hydrogen-bond donors (Lipinski definition) is 6. The summed E-state index contributed by atoms with van der Waals surface area (Å²) < 4.78 is 5.79. The second-order valence-corrected chi connectivity index (χ2v) is 10.6. The number of aliphatic hydroxyl groups is 2. The maximum Gasteiger partial charge on any atom is 0.319 e. The van der Waals surface area contributed by atoms with Crippen molar-refractivity contribution in [3.8, 4) is 11.5 Å². The van der Waals surface area contributed by atoms with Gasteiger partial charge >= 0.3 is 6.03 Å². The molecule has 0 unspecified atom stereocenters. The topological polar surface area (TPSA) is 166 Å². The van der Waals surface area contributed by atoms with Gasteiger partial charge in [-0.3, -0.25) is 14.4 Å². The predicted octanol–water partition coefficient (Wildman–Crippen LogP) is 2.91. The molecule has 228 valence electrons. The lowest BCUT2D eigenvalue weighted by molar-refractivity contribution is -0.139. The van der Waals surface area contributed by atoms with Gasteiger partial charge < -0.3 is 36.2 Å². The number of ketones is 1. The van der Waals surface area contributed by atoms with E-state index in [4.69, 9.17) is 4.74 Å². The number of urea groups is 1. The van der Waals surface area contributed by atoms with Gasteiger partial charge in [0.2, 0.25) is 11.7 Å². The van der Waals surface area contributed by atoms with Crippen LogP contribution in [-0.2, 0) is 27.3 Å². The molecule has 11 heteroatoms. The van der Waals surface area contributed by atoms with Gasteiger partial charge in [0.15, 0.2) is 0 Å². The molecule has 0 bridgehead atoms. The second kappa shape index (κ2) is 16.0. The number of para-hydroxylation sites is 1. The van der Waals surface area contributed by atoms with Crippen molar-refractivity contribution in [2.24, 2.45) is 5.41 Å². The van der Waals surface area contributed by atoms with E-state index < -0.39 is 35.7 Å². The SMILES string of the molecule is CC(C)(CO)[C@@H](O)C(=O)NCCC(=O)C(=O)NCc1ccc(NC(=O)NCCc2ccc(Oc3ccccc3)cc2)cc1. The number of benzene rings is 3. The van der Waals surface area contributed by atoms with Crippen molar-refractivity contribution in [2.75, 3.05) is 25.0 Å². The monoisotopic (exact) mass is 590 g/mol. The van der Waals surface area contributed by atoms with Crippen LogP contribution in [0.2, 0.25) is 0 Å². The lowest BCUT2D eigenvalue weighted by Crippen LogP contribution is -2.46. The Kier molecular flexibility index (Phi) is 12.2. The van der Waals surface area contributed by atoms with E-state index in [2.05, 4.69) is 21.3 Å². The van der Waals surface area contributed by atoms with E-state index in [0.717, 1.165) is 22.6 Å². The number of Topliss-reactive ketones (excluding diaryl/α,β-unsaturated/α-hetero) is 1. The molecule has 1 atom stereocenters. The third-order valence-electron chi connectivity index (χ3n) is 6.57. The molecule has 0 aliphatic rings. The molecule has 0 aromatic heterocycles. The molecule has 6 N–H and O–H groups in total.